The summed E-state index contributed by atoms with van der Waals surface area (Å²) >= 11 is 3.22. The van der Waals surface area contributed by atoms with Crippen molar-refractivity contribution in [3.8, 4) is 0 Å². The molecule has 0 heterocycles. The van der Waals surface area contributed by atoms with E-state index in [1.165, 1.54) is 6.07 Å². The number of benzene rings is 1. The molecule has 1 fully saturated rings. The van der Waals surface area contributed by atoms with E-state index in [1.54, 1.807) is 13.0 Å². The predicted molar refractivity (Wildman–Crippen MR) is 81.6 cm³/mol. The zero-order valence-electron chi connectivity index (χ0n) is 10.9. The summed E-state index contributed by atoms with van der Waals surface area (Å²) in [5.41, 5.74) is 0.712. The first-order valence-electron chi connectivity index (χ1n) is 6.34. The highest BCUT2D eigenvalue weighted by Gasteiger charge is 2.23. The average molecular weight is 381 g/mol. The molecule has 2 rings (SSSR count). The Bertz CT molecular complexity index is 639. The highest BCUT2D eigenvalue weighted by atomic mass is 79.9. The van der Waals surface area contributed by atoms with Gasteiger partial charge in [0.25, 0.3) is 15.0 Å². The molecule has 1 amide bonds. The molecule has 0 unspecified atom stereocenters. The summed E-state index contributed by atoms with van der Waals surface area (Å²) in [6.45, 7) is 1.59. The van der Waals surface area contributed by atoms with Gasteiger partial charge in [0.1, 0.15) is 0 Å². The second-order valence-corrected chi connectivity index (χ2v) is 8.42. The van der Waals surface area contributed by atoms with Crippen molar-refractivity contribution in [2.45, 2.75) is 43.5 Å². The number of hydrogen-bond acceptors (Lipinski definition) is 3. The molecule has 1 N–H and O–H groups in total. The Balaban J connectivity index is 2.36. The topological polar surface area (TPSA) is 63.2 Å². The fourth-order valence-corrected chi connectivity index (χ4v) is 4.31. The monoisotopic (exact) mass is 379 g/mol. The third kappa shape index (κ3) is 3.54. The third-order valence-electron chi connectivity index (χ3n) is 3.52. The van der Waals surface area contributed by atoms with Crippen LogP contribution in [0.1, 0.15) is 41.6 Å². The van der Waals surface area contributed by atoms with E-state index in [4.69, 9.17) is 10.7 Å². The van der Waals surface area contributed by atoms with Crippen molar-refractivity contribution in [3.05, 3.63) is 27.7 Å². The molecule has 0 aromatic heterocycles. The van der Waals surface area contributed by atoms with Crippen LogP contribution in [0.25, 0.3) is 0 Å². The SMILES string of the molecule is Cc1c(C(=O)NC2CCCC2)cc(Br)cc1S(=O)(=O)Cl. The predicted octanol–water partition coefficient (Wildman–Crippen LogP) is 3.36. The Morgan fingerprint density at radius 3 is 2.50 bits per heavy atom. The summed E-state index contributed by atoms with van der Waals surface area (Å²) in [4.78, 5) is 12.2. The van der Waals surface area contributed by atoms with E-state index in [1.807, 2.05) is 0 Å². The van der Waals surface area contributed by atoms with Gasteiger partial charge < -0.3 is 5.32 Å². The van der Waals surface area contributed by atoms with Crippen LogP contribution in [0.4, 0.5) is 0 Å². The number of nitrogens with one attached hydrogen (secondary N) is 1. The Labute approximate surface area is 131 Å². The van der Waals surface area contributed by atoms with E-state index in [-0.39, 0.29) is 16.8 Å². The Hall–Kier alpha value is -0.590. The molecule has 1 aromatic carbocycles. The van der Waals surface area contributed by atoms with Gasteiger partial charge in [-0.3, -0.25) is 4.79 Å². The van der Waals surface area contributed by atoms with Gasteiger partial charge in [-0.15, -0.1) is 0 Å². The fourth-order valence-electron chi connectivity index (χ4n) is 2.48. The van der Waals surface area contributed by atoms with Crippen LogP contribution in [0.2, 0.25) is 0 Å². The van der Waals surface area contributed by atoms with Crippen LogP contribution in [-0.4, -0.2) is 20.4 Å². The molecule has 1 aliphatic rings. The lowest BCUT2D eigenvalue weighted by Gasteiger charge is -2.15. The van der Waals surface area contributed by atoms with Crippen LogP contribution in [0.5, 0.6) is 0 Å². The van der Waals surface area contributed by atoms with Gasteiger partial charge in [0.15, 0.2) is 0 Å². The van der Waals surface area contributed by atoms with Crippen LogP contribution in [0.3, 0.4) is 0 Å². The van der Waals surface area contributed by atoms with Crippen LogP contribution >= 0.6 is 26.6 Å². The Kier molecular flexibility index (Phi) is 4.76. The molecule has 0 aliphatic heterocycles. The molecule has 1 aliphatic carbocycles. The minimum absolute atomic E-state index is 0.0369. The zero-order chi connectivity index (χ0) is 14.9. The molecule has 1 aromatic rings. The lowest BCUT2D eigenvalue weighted by Crippen LogP contribution is -2.33. The van der Waals surface area contributed by atoms with E-state index < -0.39 is 9.05 Å². The number of rotatable bonds is 3. The van der Waals surface area contributed by atoms with Gasteiger partial charge in [-0.1, -0.05) is 28.8 Å². The van der Waals surface area contributed by atoms with E-state index in [0.29, 0.717) is 15.6 Å². The van der Waals surface area contributed by atoms with Crippen LogP contribution in [-0.2, 0) is 9.05 Å². The first-order valence-corrected chi connectivity index (χ1v) is 9.45. The van der Waals surface area contributed by atoms with Crippen molar-refractivity contribution in [1.29, 1.82) is 0 Å². The number of amides is 1. The molecule has 0 saturated heterocycles. The van der Waals surface area contributed by atoms with Gasteiger partial charge in [0, 0.05) is 26.8 Å². The van der Waals surface area contributed by atoms with Crippen molar-refractivity contribution in [3.63, 3.8) is 0 Å². The minimum atomic E-state index is -3.88. The molecule has 1 saturated carbocycles. The van der Waals surface area contributed by atoms with Crippen molar-refractivity contribution in [2.75, 3.05) is 0 Å². The van der Waals surface area contributed by atoms with E-state index in [2.05, 4.69) is 21.2 Å². The van der Waals surface area contributed by atoms with Crippen molar-refractivity contribution < 1.29 is 13.2 Å². The Morgan fingerprint density at radius 1 is 1.35 bits per heavy atom. The van der Waals surface area contributed by atoms with Crippen molar-refractivity contribution >= 4 is 41.6 Å². The maximum absolute atomic E-state index is 12.3. The fraction of sp³-hybridized carbons (Fsp3) is 0.462. The lowest BCUT2D eigenvalue weighted by molar-refractivity contribution is 0.0937. The zero-order valence-corrected chi connectivity index (χ0v) is 14.1. The Morgan fingerprint density at radius 2 is 1.95 bits per heavy atom. The summed E-state index contributed by atoms with van der Waals surface area (Å²) in [5, 5.41) is 2.94. The van der Waals surface area contributed by atoms with Gasteiger partial charge in [-0.25, -0.2) is 8.42 Å². The summed E-state index contributed by atoms with van der Waals surface area (Å²) in [5.74, 6) is -0.253. The van der Waals surface area contributed by atoms with Crippen LogP contribution < -0.4 is 5.32 Å². The minimum Gasteiger partial charge on any atom is -0.349 e. The van der Waals surface area contributed by atoms with Gasteiger partial charge >= 0.3 is 0 Å². The molecule has 4 nitrogen and oxygen atoms in total. The highest BCUT2D eigenvalue weighted by molar-refractivity contribution is 9.10. The molecule has 0 bridgehead atoms. The standard InChI is InChI=1S/C13H15BrClNO3S/c1-8-11(13(17)16-10-4-2-3-5-10)6-9(14)7-12(8)20(15,18)19/h6-7,10H,2-5H2,1H3,(H,16,17). The molecule has 110 valence electrons. The van der Waals surface area contributed by atoms with Gasteiger partial charge in [0.2, 0.25) is 0 Å². The van der Waals surface area contributed by atoms with Crippen molar-refractivity contribution in [2.24, 2.45) is 0 Å². The molecule has 0 radical (unpaired) electrons. The first kappa shape index (κ1) is 15.8. The summed E-state index contributed by atoms with van der Waals surface area (Å²) in [6, 6.07) is 3.20. The highest BCUT2D eigenvalue weighted by Crippen LogP contribution is 2.27. The average Bonchev–Trinajstić information content (AvgIpc) is 2.83. The first-order chi connectivity index (χ1) is 9.29. The lowest BCUT2D eigenvalue weighted by atomic mass is 10.1. The van der Waals surface area contributed by atoms with E-state index in [9.17, 15) is 13.2 Å². The summed E-state index contributed by atoms with van der Waals surface area (Å²) in [6.07, 6.45) is 4.17. The molecular weight excluding hydrogens is 366 g/mol. The van der Waals surface area contributed by atoms with Crippen LogP contribution in [0.15, 0.2) is 21.5 Å². The summed E-state index contributed by atoms with van der Waals surface area (Å²) < 4.78 is 23.6. The second-order valence-electron chi connectivity index (χ2n) is 4.97. The second kappa shape index (κ2) is 6.03. The van der Waals surface area contributed by atoms with Crippen molar-refractivity contribution in [1.82, 2.24) is 5.32 Å². The van der Waals surface area contributed by atoms with Gasteiger partial charge in [-0.2, -0.15) is 0 Å². The maximum atomic E-state index is 12.3. The number of hydrogen-bond donors (Lipinski definition) is 1. The third-order valence-corrected chi connectivity index (χ3v) is 5.43. The molecular formula is C13H15BrClNO3S. The molecule has 7 heteroatoms. The molecule has 0 atom stereocenters. The normalized spacial score (nSPS) is 16.4. The van der Waals surface area contributed by atoms with E-state index in [0.717, 1.165) is 25.7 Å². The molecule has 0 spiro atoms. The smallest absolute Gasteiger partial charge is 0.261 e. The summed E-state index contributed by atoms with van der Waals surface area (Å²) in [7, 11) is 1.53. The van der Waals surface area contributed by atoms with Gasteiger partial charge in [-0.05, 0) is 37.5 Å². The maximum Gasteiger partial charge on any atom is 0.261 e. The largest absolute Gasteiger partial charge is 0.349 e. The number of carbonyl (C=O) groups excluding carboxylic acids is 1. The van der Waals surface area contributed by atoms with Gasteiger partial charge in [0.05, 0.1) is 4.90 Å². The van der Waals surface area contributed by atoms with E-state index >= 15 is 0 Å². The number of carbonyl (C=O) groups is 1. The van der Waals surface area contributed by atoms with Crippen LogP contribution in [0, 0.1) is 6.92 Å². The number of halogens is 2. The molecule has 20 heavy (non-hydrogen) atoms. The quantitative estimate of drug-likeness (QED) is 0.818.